The van der Waals surface area contributed by atoms with Gasteiger partial charge in [0.1, 0.15) is 22.8 Å². The number of halogens is 1. The summed E-state index contributed by atoms with van der Waals surface area (Å²) in [5.41, 5.74) is 2.30. The number of methoxy groups -OCH3 is 2. The summed E-state index contributed by atoms with van der Waals surface area (Å²) in [7, 11) is 5.02. The first-order valence-electron chi connectivity index (χ1n) is 9.29. The van der Waals surface area contributed by atoms with Crippen molar-refractivity contribution in [2.45, 2.75) is 6.42 Å². The number of ketones is 1. The molecule has 0 bridgehead atoms. The average molecular weight is 414 g/mol. The first kappa shape index (κ1) is 21.0. The lowest BCUT2D eigenvalue weighted by Crippen LogP contribution is -2.23. The Morgan fingerprint density at radius 1 is 1.21 bits per heavy atom. The van der Waals surface area contributed by atoms with Crippen LogP contribution in [-0.2, 0) is 0 Å². The summed E-state index contributed by atoms with van der Waals surface area (Å²) in [5.74, 6) is 0.217. The second-order valence-electron chi connectivity index (χ2n) is 6.84. The van der Waals surface area contributed by atoms with Crippen molar-refractivity contribution in [1.29, 1.82) is 0 Å². The Kier molecular flexibility index (Phi) is 6.62. The molecule has 0 saturated heterocycles. The number of ether oxygens (including phenoxy) is 2. The second-order valence-corrected chi connectivity index (χ2v) is 7.25. The quantitative estimate of drug-likeness (QED) is 0.550. The molecule has 1 N–H and O–H groups in total. The number of nitrogens with zero attached hydrogens (tertiary/aromatic N) is 1. The van der Waals surface area contributed by atoms with Crippen LogP contribution in [0.25, 0.3) is 11.6 Å². The van der Waals surface area contributed by atoms with Crippen molar-refractivity contribution in [2.75, 3.05) is 34.4 Å². The molecule has 5 nitrogen and oxygen atoms in total. The highest BCUT2D eigenvalue weighted by Crippen LogP contribution is 2.44. The van der Waals surface area contributed by atoms with Crippen molar-refractivity contribution in [2.24, 2.45) is 0 Å². The van der Waals surface area contributed by atoms with Crippen LogP contribution < -0.4 is 9.47 Å². The van der Waals surface area contributed by atoms with E-state index < -0.39 is 0 Å². The molecule has 0 aliphatic carbocycles. The smallest absolute Gasteiger partial charge is 0.193 e. The normalized spacial score (nSPS) is 14.7. The number of benzene rings is 2. The molecule has 152 valence electrons. The van der Waals surface area contributed by atoms with Gasteiger partial charge >= 0.3 is 0 Å². The lowest BCUT2D eigenvalue weighted by molar-refractivity contribution is 0.104. The topological polar surface area (TPSA) is 59.0 Å². The SMILES string of the molecule is COc1cc(OC)c(C2=CCN(C)CC2)c(O)c1C(=O)C=Cc1ccccc1Cl. The fourth-order valence-corrected chi connectivity index (χ4v) is 3.55. The van der Waals surface area contributed by atoms with Gasteiger partial charge in [-0.25, -0.2) is 0 Å². The van der Waals surface area contributed by atoms with Crippen LogP contribution in [0.4, 0.5) is 0 Å². The number of allylic oxidation sites excluding steroid dienone is 1. The Morgan fingerprint density at radius 3 is 2.55 bits per heavy atom. The van der Waals surface area contributed by atoms with E-state index in [9.17, 15) is 9.90 Å². The third kappa shape index (κ3) is 4.47. The van der Waals surface area contributed by atoms with E-state index in [1.807, 2.05) is 31.3 Å². The highest BCUT2D eigenvalue weighted by molar-refractivity contribution is 6.32. The maximum atomic E-state index is 13.0. The Bertz CT molecular complexity index is 981. The molecule has 3 rings (SSSR count). The molecule has 0 radical (unpaired) electrons. The lowest BCUT2D eigenvalue weighted by Gasteiger charge is -2.24. The van der Waals surface area contributed by atoms with Gasteiger partial charge in [-0.1, -0.05) is 35.9 Å². The molecule has 2 aromatic carbocycles. The summed E-state index contributed by atoms with van der Waals surface area (Å²) in [6.07, 6.45) is 5.80. The van der Waals surface area contributed by atoms with E-state index in [1.54, 1.807) is 18.2 Å². The molecule has 0 atom stereocenters. The summed E-state index contributed by atoms with van der Waals surface area (Å²) in [4.78, 5) is 15.2. The van der Waals surface area contributed by atoms with Gasteiger partial charge in [-0.3, -0.25) is 4.79 Å². The molecule has 0 unspecified atom stereocenters. The van der Waals surface area contributed by atoms with Gasteiger partial charge < -0.3 is 19.5 Å². The molecule has 0 spiro atoms. The summed E-state index contributed by atoms with van der Waals surface area (Å²) in [5, 5.41) is 11.6. The van der Waals surface area contributed by atoms with Crippen LogP contribution in [0.2, 0.25) is 5.02 Å². The van der Waals surface area contributed by atoms with E-state index in [0.29, 0.717) is 21.9 Å². The Labute approximate surface area is 175 Å². The van der Waals surface area contributed by atoms with E-state index in [2.05, 4.69) is 4.90 Å². The molecule has 1 heterocycles. The summed E-state index contributed by atoms with van der Waals surface area (Å²) >= 11 is 6.16. The third-order valence-corrected chi connectivity index (χ3v) is 5.31. The van der Waals surface area contributed by atoms with Crippen molar-refractivity contribution in [3.8, 4) is 17.2 Å². The molecule has 29 heavy (non-hydrogen) atoms. The lowest BCUT2D eigenvalue weighted by atomic mass is 9.93. The van der Waals surface area contributed by atoms with Gasteiger partial charge in [-0.15, -0.1) is 0 Å². The minimum absolute atomic E-state index is 0.103. The van der Waals surface area contributed by atoms with Gasteiger partial charge in [0, 0.05) is 24.2 Å². The highest BCUT2D eigenvalue weighted by atomic mass is 35.5. The average Bonchev–Trinajstić information content (AvgIpc) is 2.73. The Morgan fingerprint density at radius 2 is 1.93 bits per heavy atom. The first-order chi connectivity index (χ1) is 14.0. The van der Waals surface area contributed by atoms with E-state index in [0.717, 1.165) is 25.1 Å². The van der Waals surface area contributed by atoms with Crippen molar-refractivity contribution in [3.05, 3.63) is 64.2 Å². The molecule has 6 heteroatoms. The number of phenols is 1. The van der Waals surface area contributed by atoms with Crippen LogP contribution in [0.15, 0.2) is 42.5 Å². The zero-order chi connectivity index (χ0) is 21.0. The minimum atomic E-state index is -0.378. The molecular formula is C23H24ClNO4. The third-order valence-electron chi connectivity index (χ3n) is 4.97. The number of phenolic OH excluding ortho intramolecular Hbond substituents is 1. The molecule has 0 aromatic heterocycles. The van der Waals surface area contributed by atoms with E-state index >= 15 is 0 Å². The van der Waals surface area contributed by atoms with Crippen molar-refractivity contribution in [1.82, 2.24) is 4.90 Å². The maximum absolute atomic E-state index is 13.0. The summed E-state index contributed by atoms with van der Waals surface area (Å²) in [6, 6.07) is 8.87. The second kappa shape index (κ2) is 9.16. The van der Waals surface area contributed by atoms with E-state index in [1.165, 1.54) is 20.3 Å². The molecule has 1 aliphatic heterocycles. The van der Waals surface area contributed by atoms with Crippen molar-refractivity contribution >= 4 is 29.0 Å². The number of carbonyl (C=O) groups excluding carboxylic acids is 1. The molecule has 0 fully saturated rings. The molecule has 0 saturated carbocycles. The van der Waals surface area contributed by atoms with E-state index in [4.69, 9.17) is 21.1 Å². The predicted molar refractivity (Wildman–Crippen MR) is 116 cm³/mol. The highest BCUT2D eigenvalue weighted by Gasteiger charge is 2.26. The van der Waals surface area contributed by atoms with Crippen LogP contribution in [0, 0.1) is 0 Å². The molecule has 0 amide bonds. The van der Waals surface area contributed by atoms with E-state index in [-0.39, 0.29) is 22.8 Å². The number of carbonyl (C=O) groups is 1. The fourth-order valence-electron chi connectivity index (χ4n) is 3.35. The van der Waals surface area contributed by atoms with Crippen LogP contribution in [0.3, 0.4) is 0 Å². The molecule has 1 aliphatic rings. The maximum Gasteiger partial charge on any atom is 0.193 e. The largest absolute Gasteiger partial charge is 0.506 e. The zero-order valence-electron chi connectivity index (χ0n) is 16.7. The van der Waals surface area contributed by atoms with Gasteiger partial charge in [0.2, 0.25) is 0 Å². The van der Waals surface area contributed by atoms with Gasteiger partial charge in [-0.2, -0.15) is 0 Å². The zero-order valence-corrected chi connectivity index (χ0v) is 17.5. The molecule has 2 aromatic rings. The van der Waals surface area contributed by atoms with Crippen LogP contribution in [0.5, 0.6) is 17.2 Å². The van der Waals surface area contributed by atoms with Gasteiger partial charge in [0.25, 0.3) is 0 Å². The van der Waals surface area contributed by atoms with Crippen molar-refractivity contribution in [3.63, 3.8) is 0 Å². The van der Waals surface area contributed by atoms with Gasteiger partial charge in [-0.05, 0) is 42.8 Å². The minimum Gasteiger partial charge on any atom is -0.506 e. The first-order valence-corrected chi connectivity index (χ1v) is 9.66. The Hall–Kier alpha value is -2.76. The Balaban J connectivity index is 2.07. The van der Waals surface area contributed by atoms with Gasteiger partial charge in [0.05, 0.1) is 19.8 Å². The van der Waals surface area contributed by atoms with Gasteiger partial charge in [0.15, 0.2) is 5.78 Å². The number of likely N-dealkylation sites (N-methyl/N-ethyl adjacent to an activating group) is 1. The number of hydrogen-bond donors (Lipinski definition) is 1. The fraction of sp³-hybridized carbons (Fsp3) is 0.261. The molecular weight excluding hydrogens is 390 g/mol. The van der Waals surface area contributed by atoms with Crippen LogP contribution in [0.1, 0.15) is 27.9 Å². The number of rotatable bonds is 6. The summed E-state index contributed by atoms with van der Waals surface area (Å²) in [6.45, 7) is 1.62. The number of aromatic hydroxyl groups is 1. The van der Waals surface area contributed by atoms with Crippen molar-refractivity contribution < 1.29 is 19.4 Å². The standard InChI is InChI=1S/C23H24ClNO4/c1-25-12-10-16(11-13-25)21-19(28-2)14-20(29-3)22(23(21)27)18(26)9-8-15-6-4-5-7-17(15)24/h4-10,14,27H,11-13H2,1-3H3. The monoisotopic (exact) mass is 413 g/mol. The van der Waals surface area contributed by atoms with Crippen LogP contribution in [-0.4, -0.2) is 50.1 Å². The summed E-state index contributed by atoms with van der Waals surface area (Å²) < 4.78 is 10.9. The number of hydrogen-bond acceptors (Lipinski definition) is 5. The predicted octanol–water partition coefficient (Wildman–Crippen LogP) is 4.68. The van der Waals surface area contributed by atoms with Crippen LogP contribution >= 0.6 is 11.6 Å².